The molecule has 0 radical (unpaired) electrons. The van der Waals surface area contributed by atoms with E-state index in [0.717, 1.165) is 11.3 Å². The van der Waals surface area contributed by atoms with Crippen LogP contribution in [0.15, 0.2) is 28.9 Å². The third-order valence-electron chi connectivity index (χ3n) is 2.30. The van der Waals surface area contributed by atoms with Crippen molar-refractivity contribution in [3.05, 3.63) is 45.9 Å². The molecule has 0 saturated carbocycles. The molecule has 1 heterocycles. The van der Waals surface area contributed by atoms with Gasteiger partial charge in [-0.1, -0.05) is 17.3 Å². The van der Waals surface area contributed by atoms with Crippen LogP contribution in [0.4, 0.5) is 4.39 Å². The first-order chi connectivity index (χ1) is 8.20. The summed E-state index contributed by atoms with van der Waals surface area (Å²) < 4.78 is 15.4. The van der Waals surface area contributed by atoms with E-state index in [2.05, 4.69) is 26.2 Å². The lowest BCUT2D eigenvalue weighted by atomic mass is 10.2. The molecular formula is C11H10BrClFN3. The second-order valence-corrected chi connectivity index (χ2v) is 4.73. The molecule has 0 spiro atoms. The molecule has 0 aliphatic carbocycles. The Morgan fingerprint density at radius 3 is 3.00 bits per heavy atom. The minimum absolute atomic E-state index is 0.274. The van der Waals surface area contributed by atoms with Crippen LogP contribution in [0.3, 0.4) is 0 Å². The second kappa shape index (κ2) is 5.60. The molecule has 2 rings (SSSR count). The van der Waals surface area contributed by atoms with Gasteiger partial charge in [-0.3, -0.25) is 0 Å². The summed E-state index contributed by atoms with van der Waals surface area (Å²) in [6.45, 7) is 0.480. The molecular weight excluding hydrogens is 308 g/mol. The molecule has 3 nitrogen and oxygen atoms in total. The van der Waals surface area contributed by atoms with E-state index in [4.69, 9.17) is 11.6 Å². The van der Waals surface area contributed by atoms with Gasteiger partial charge in [-0.05, 0) is 27.6 Å². The van der Waals surface area contributed by atoms with Crippen LogP contribution in [0, 0.1) is 5.82 Å². The molecule has 0 aliphatic rings. The number of nitrogens with zero attached hydrogens (tertiary/aromatic N) is 3. The SMILES string of the molecule is Fc1cccc(Cn2cc(CCCl)nn2)c1Br. The fraction of sp³-hybridized carbons (Fsp3) is 0.273. The highest BCUT2D eigenvalue weighted by molar-refractivity contribution is 9.10. The average Bonchev–Trinajstić information content (AvgIpc) is 2.73. The van der Waals surface area contributed by atoms with Crippen LogP contribution in [0.1, 0.15) is 11.3 Å². The molecule has 1 aromatic heterocycles. The molecule has 2 aromatic rings. The first-order valence-electron chi connectivity index (χ1n) is 5.08. The van der Waals surface area contributed by atoms with E-state index in [1.54, 1.807) is 10.7 Å². The normalized spacial score (nSPS) is 10.8. The molecule has 1 aromatic carbocycles. The van der Waals surface area contributed by atoms with Gasteiger partial charge in [0.2, 0.25) is 0 Å². The van der Waals surface area contributed by atoms with E-state index in [0.29, 0.717) is 23.3 Å². The molecule has 17 heavy (non-hydrogen) atoms. The Balaban J connectivity index is 2.16. The van der Waals surface area contributed by atoms with Crippen LogP contribution >= 0.6 is 27.5 Å². The van der Waals surface area contributed by atoms with Crippen molar-refractivity contribution >= 4 is 27.5 Å². The van der Waals surface area contributed by atoms with Crippen LogP contribution < -0.4 is 0 Å². The van der Waals surface area contributed by atoms with Crippen molar-refractivity contribution in [2.24, 2.45) is 0 Å². The highest BCUT2D eigenvalue weighted by Gasteiger charge is 2.07. The van der Waals surface area contributed by atoms with E-state index >= 15 is 0 Å². The predicted molar refractivity (Wildman–Crippen MR) is 67.6 cm³/mol. The fourth-order valence-electron chi connectivity index (χ4n) is 1.47. The first-order valence-corrected chi connectivity index (χ1v) is 6.41. The summed E-state index contributed by atoms with van der Waals surface area (Å²) in [5.74, 6) is 0.242. The standard InChI is InChI=1S/C11H10BrClFN3/c12-11-8(2-1-3-10(11)14)6-17-7-9(4-5-13)15-16-17/h1-3,7H,4-6H2. The molecule has 0 amide bonds. The Morgan fingerprint density at radius 1 is 1.41 bits per heavy atom. The van der Waals surface area contributed by atoms with Crippen molar-refractivity contribution in [2.75, 3.05) is 5.88 Å². The summed E-state index contributed by atoms with van der Waals surface area (Å²) in [6, 6.07) is 4.93. The van der Waals surface area contributed by atoms with Crippen molar-refractivity contribution in [3.63, 3.8) is 0 Å². The largest absolute Gasteiger partial charge is 0.248 e. The average molecular weight is 319 g/mol. The van der Waals surface area contributed by atoms with Gasteiger partial charge in [0.15, 0.2) is 0 Å². The van der Waals surface area contributed by atoms with E-state index < -0.39 is 0 Å². The molecule has 90 valence electrons. The van der Waals surface area contributed by atoms with Gasteiger partial charge in [0.1, 0.15) is 5.82 Å². The van der Waals surface area contributed by atoms with Gasteiger partial charge in [-0.25, -0.2) is 9.07 Å². The summed E-state index contributed by atoms with van der Waals surface area (Å²) in [6.07, 6.45) is 2.51. The highest BCUT2D eigenvalue weighted by Crippen LogP contribution is 2.21. The van der Waals surface area contributed by atoms with Crippen molar-refractivity contribution < 1.29 is 4.39 Å². The van der Waals surface area contributed by atoms with E-state index in [1.807, 2.05) is 12.3 Å². The quantitative estimate of drug-likeness (QED) is 0.811. The molecule has 0 atom stereocenters. The number of hydrogen-bond donors (Lipinski definition) is 0. The van der Waals surface area contributed by atoms with E-state index in [1.165, 1.54) is 6.07 Å². The number of aryl methyl sites for hydroxylation is 1. The Morgan fingerprint density at radius 2 is 2.24 bits per heavy atom. The topological polar surface area (TPSA) is 30.7 Å². The van der Waals surface area contributed by atoms with Crippen LogP contribution in [0.25, 0.3) is 0 Å². The maximum Gasteiger partial charge on any atom is 0.137 e. The summed E-state index contributed by atoms with van der Waals surface area (Å²) in [4.78, 5) is 0. The Kier molecular flexibility index (Phi) is 4.12. The minimum Gasteiger partial charge on any atom is -0.248 e. The lowest BCUT2D eigenvalue weighted by Crippen LogP contribution is -2.02. The lowest BCUT2D eigenvalue weighted by Gasteiger charge is -2.04. The van der Waals surface area contributed by atoms with Crippen LogP contribution in [0.2, 0.25) is 0 Å². The van der Waals surface area contributed by atoms with Crippen molar-refractivity contribution in [2.45, 2.75) is 13.0 Å². The molecule has 0 bridgehead atoms. The first kappa shape index (κ1) is 12.5. The Labute approximate surface area is 112 Å². The van der Waals surface area contributed by atoms with Crippen molar-refractivity contribution in [3.8, 4) is 0 Å². The predicted octanol–water partition coefficient (Wildman–Crippen LogP) is 3.01. The summed E-state index contributed by atoms with van der Waals surface area (Å²) in [5.41, 5.74) is 1.67. The number of hydrogen-bond acceptors (Lipinski definition) is 2. The Hall–Kier alpha value is -0.940. The van der Waals surface area contributed by atoms with E-state index in [-0.39, 0.29) is 5.82 Å². The summed E-state index contributed by atoms with van der Waals surface area (Å²) in [7, 11) is 0. The number of rotatable bonds is 4. The summed E-state index contributed by atoms with van der Waals surface area (Å²) in [5, 5.41) is 7.94. The highest BCUT2D eigenvalue weighted by atomic mass is 79.9. The van der Waals surface area contributed by atoms with Gasteiger partial charge in [-0.2, -0.15) is 0 Å². The number of alkyl halides is 1. The van der Waals surface area contributed by atoms with Gasteiger partial charge < -0.3 is 0 Å². The fourth-order valence-corrected chi connectivity index (χ4v) is 2.06. The molecule has 0 fully saturated rings. The zero-order valence-electron chi connectivity index (χ0n) is 8.91. The van der Waals surface area contributed by atoms with Crippen molar-refractivity contribution in [1.29, 1.82) is 0 Å². The molecule has 0 unspecified atom stereocenters. The third-order valence-corrected chi connectivity index (χ3v) is 3.38. The number of halogens is 3. The maximum absolute atomic E-state index is 13.3. The van der Waals surface area contributed by atoms with Gasteiger partial charge in [0.25, 0.3) is 0 Å². The van der Waals surface area contributed by atoms with Crippen LogP contribution in [0.5, 0.6) is 0 Å². The number of benzene rings is 1. The van der Waals surface area contributed by atoms with Gasteiger partial charge >= 0.3 is 0 Å². The third kappa shape index (κ3) is 3.04. The van der Waals surface area contributed by atoms with Gasteiger partial charge in [0.05, 0.1) is 16.7 Å². The Bertz CT molecular complexity index is 515. The van der Waals surface area contributed by atoms with Gasteiger partial charge in [0, 0.05) is 18.5 Å². The molecule has 0 aliphatic heterocycles. The molecule has 0 saturated heterocycles. The zero-order valence-corrected chi connectivity index (χ0v) is 11.2. The summed E-state index contributed by atoms with van der Waals surface area (Å²) >= 11 is 8.83. The molecule has 6 heteroatoms. The minimum atomic E-state index is -0.274. The van der Waals surface area contributed by atoms with Crippen molar-refractivity contribution in [1.82, 2.24) is 15.0 Å². The smallest absolute Gasteiger partial charge is 0.137 e. The zero-order chi connectivity index (χ0) is 12.3. The number of aromatic nitrogens is 3. The molecule has 0 N–H and O–H groups in total. The maximum atomic E-state index is 13.3. The van der Waals surface area contributed by atoms with E-state index in [9.17, 15) is 4.39 Å². The second-order valence-electron chi connectivity index (χ2n) is 3.56. The lowest BCUT2D eigenvalue weighted by molar-refractivity contribution is 0.606. The van der Waals surface area contributed by atoms with Crippen LogP contribution in [-0.2, 0) is 13.0 Å². The monoisotopic (exact) mass is 317 g/mol. The van der Waals surface area contributed by atoms with Gasteiger partial charge in [-0.15, -0.1) is 16.7 Å². The van der Waals surface area contributed by atoms with Crippen LogP contribution in [-0.4, -0.2) is 20.9 Å².